The lowest BCUT2D eigenvalue weighted by Crippen LogP contribution is -2.40. The second-order valence-corrected chi connectivity index (χ2v) is 6.13. The summed E-state index contributed by atoms with van der Waals surface area (Å²) in [6.45, 7) is 3.18. The molecule has 110 valence electrons. The molecule has 1 atom stereocenters. The average molecular weight is 307 g/mol. The van der Waals surface area contributed by atoms with Crippen molar-refractivity contribution in [2.75, 3.05) is 6.54 Å². The van der Waals surface area contributed by atoms with E-state index in [1.165, 1.54) is 12.8 Å². The van der Waals surface area contributed by atoms with Crippen molar-refractivity contribution >= 4 is 17.5 Å². The fourth-order valence-corrected chi connectivity index (χ4v) is 3.07. The second kappa shape index (κ2) is 4.59. The minimum absolute atomic E-state index is 0.157. The van der Waals surface area contributed by atoms with E-state index < -0.39 is 0 Å². The van der Waals surface area contributed by atoms with Gasteiger partial charge in [0.05, 0.1) is 12.6 Å². The second-order valence-electron chi connectivity index (χ2n) is 5.76. The molecule has 2 aliphatic rings. The Morgan fingerprint density at radius 3 is 2.86 bits per heavy atom. The third-order valence-electron chi connectivity index (χ3n) is 4.06. The van der Waals surface area contributed by atoms with Crippen molar-refractivity contribution in [1.29, 1.82) is 0 Å². The van der Waals surface area contributed by atoms with Crippen LogP contribution in [0, 0.1) is 0 Å². The van der Waals surface area contributed by atoms with Crippen LogP contribution in [0.15, 0.2) is 16.5 Å². The standard InChI is InChI=1S/C14H15ClN4O2/c1-8-6-18(14(20)10-4-5-11(15)21-10)7-12-16-17-13(19(8)12)9-2-3-9/h4-5,8-9H,2-3,6-7H2,1H3/t8-/m0/s1. The molecule has 0 spiro atoms. The van der Waals surface area contributed by atoms with E-state index in [9.17, 15) is 4.79 Å². The summed E-state index contributed by atoms with van der Waals surface area (Å²) in [4.78, 5) is 14.2. The summed E-state index contributed by atoms with van der Waals surface area (Å²) < 4.78 is 7.40. The summed E-state index contributed by atoms with van der Waals surface area (Å²) in [5.41, 5.74) is 0. The quantitative estimate of drug-likeness (QED) is 0.855. The molecule has 1 fully saturated rings. The topological polar surface area (TPSA) is 64.2 Å². The zero-order valence-corrected chi connectivity index (χ0v) is 12.4. The first-order chi connectivity index (χ1) is 10.1. The van der Waals surface area contributed by atoms with E-state index in [0.717, 1.165) is 11.6 Å². The number of carbonyl (C=O) groups is 1. The average Bonchev–Trinajstić information content (AvgIpc) is 3.07. The predicted molar refractivity (Wildman–Crippen MR) is 75.2 cm³/mol. The van der Waals surface area contributed by atoms with Gasteiger partial charge in [0.1, 0.15) is 5.82 Å². The maximum atomic E-state index is 12.4. The van der Waals surface area contributed by atoms with Crippen LogP contribution >= 0.6 is 11.6 Å². The highest BCUT2D eigenvalue weighted by Gasteiger charge is 2.36. The molecule has 7 heteroatoms. The first-order valence-corrected chi connectivity index (χ1v) is 7.49. The number of nitrogens with zero attached hydrogens (tertiary/aromatic N) is 4. The Kier molecular flexibility index (Phi) is 2.82. The van der Waals surface area contributed by atoms with E-state index in [1.807, 2.05) is 0 Å². The first-order valence-electron chi connectivity index (χ1n) is 7.12. The molecule has 6 nitrogen and oxygen atoms in total. The van der Waals surface area contributed by atoms with Gasteiger partial charge in [-0.1, -0.05) is 0 Å². The Hall–Kier alpha value is -1.82. The molecule has 0 radical (unpaired) electrons. The highest BCUT2D eigenvalue weighted by atomic mass is 35.5. The monoisotopic (exact) mass is 306 g/mol. The lowest BCUT2D eigenvalue weighted by molar-refractivity contribution is 0.0647. The molecule has 0 saturated heterocycles. The highest BCUT2D eigenvalue weighted by molar-refractivity contribution is 6.29. The molecule has 0 N–H and O–H groups in total. The van der Waals surface area contributed by atoms with Gasteiger partial charge in [-0.25, -0.2) is 0 Å². The van der Waals surface area contributed by atoms with Gasteiger partial charge in [-0.05, 0) is 43.5 Å². The number of halogens is 1. The minimum atomic E-state index is -0.157. The van der Waals surface area contributed by atoms with Gasteiger partial charge in [-0.2, -0.15) is 0 Å². The number of hydrogen-bond acceptors (Lipinski definition) is 4. The van der Waals surface area contributed by atoms with Crippen LogP contribution < -0.4 is 0 Å². The van der Waals surface area contributed by atoms with Crippen molar-refractivity contribution in [1.82, 2.24) is 19.7 Å². The molecular formula is C14H15ClN4O2. The van der Waals surface area contributed by atoms with Crippen molar-refractivity contribution in [3.8, 4) is 0 Å². The number of furan rings is 1. The first kappa shape index (κ1) is 12.9. The summed E-state index contributed by atoms with van der Waals surface area (Å²) in [6.07, 6.45) is 2.39. The fraction of sp³-hybridized carbons (Fsp3) is 0.500. The largest absolute Gasteiger partial charge is 0.440 e. The molecule has 0 aromatic carbocycles. The Morgan fingerprint density at radius 2 is 2.19 bits per heavy atom. The van der Waals surface area contributed by atoms with E-state index in [2.05, 4.69) is 21.7 Å². The molecule has 4 rings (SSSR count). The van der Waals surface area contributed by atoms with Crippen LogP contribution in [0.4, 0.5) is 0 Å². The lowest BCUT2D eigenvalue weighted by atomic mass is 10.2. The fourth-order valence-electron chi connectivity index (χ4n) is 2.92. The Balaban J connectivity index is 1.61. The molecule has 1 saturated carbocycles. The van der Waals surface area contributed by atoms with Crippen molar-refractivity contribution in [3.63, 3.8) is 0 Å². The third kappa shape index (κ3) is 2.14. The van der Waals surface area contributed by atoms with E-state index >= 15 is 0 Å². The normalized spacial score (nSPS) is 21.4. The number of aromatic nitrogens is 3. The van der Waals surface area contributed by atoms with Gasteiger partial charge in [0.2, 0.25) is 0 Å². The van der Waals surface area contributed by atoms with Gasteiger partial charge in [0.15, 0.2) is 16.8 Å². The summed E-state index contributed by atoms with van der Waals surface area (Å²) in [6, 6.07) is 3.36. The van der Waals surface area contributed by atoms with Crippen molar-refractivity contribution in [2.45, 2.75) is 38.3 Å². The van der Waals surface area contributed by atoms with Gasteiger partial charge >= 0.3 is 0 Å². The SMILES string of the molecule is C[C@H]1CN(C(=O)c2ccc(Cl)o2)Cc2nnc(C3CC3)n21. The van der Waals surface area contributed by atoms with E-state index in [4.69, 9.17) is 16.0 Å². The van der Waals surface area contributed by atoms with Gasteiger partial charge < -0.3 is 13.9 Å². The summed E-state index contributed by atoms with van der Waals surface area (Å²) in [5.74, 6) is 2.59. The smallest absolute Gasteiger partial charge is 0.290 e. The van der Waals surface area contributed by atoms with Crippen LogP contribution in [0.3, 0.4) is 0 Å². The van der Waals surface area contributed by atoms with Crippen molar-refractivity contribution in [3.05, 3.63) is 34.8 Å². The van der Waals surface area contributed by atoms with E-state index in [1.54, 1.807) is 17.0 Å². The van der Waals surface area contributed by atoms with Gasteiger partial charge in [-0.3, -0.25) is 4.79 Å². The van der Waals surface area contributed by atoms with E-state index in [0.29, 0.717) is 19.0 Å². The molecule has 1 aliphatic heterocycles. The Morgan fingerprint density at radius 1 is 1.38 bits per heavy atom. The molecule has 1 amide bonds. The van der Waals surface area contributed by atoms with Crippen LogP contribution in [0.5, 0.6) is 0 Å². The molecule has 1 aliphatic carbocycles. The highest BCUT2D eigenvalue weighted by Crippen LogP contribution is 2.41. The van der Waals surface area contributed by atoms with Crippen LogP contribution in [0.1, 0.15) is 53.9 Å². The maximum Gasteiger partial charge on any atom is 0.290 e. The summed E-state index contributed by atoms with van der Waals surface area (Å²) in [7, 11) is 0. The maximum absolute atomic E-state index is 12.4. The zero-order chi connectivity index (χ0) is 14.6. The number of hydrogen-bond donors (Lipinski definition) is 0. The van der Waals surface area contributed by atoms with Crippen LogP contribution in [-0.2, 0) is 6.54 Å². The summed E-state index contributed by atoms with van der Waals surface area (Å²) in [5, 5.41) is 8.80. The molecule has 2 aromatic rings. The van der Waals surface area contributed by atoms with Gasteiger partial charge in [0.25, 0.3) is 5.91 Å². The summed E-state index contributed by atoms with van der Waals surface area (Å²) >= 11 is 5.73. The lowest BCUT2D eigenvalue weighted by Gasteiger charge is -2.32. The molecule has 0 bridgehead atoms. The molecule has 2 aromatic heterocycles. The van der Waals surface area contributed by atoms with E-state index in [-0.39, 0.29) is 22.9 Å². The molecule has 0 unspecified atom stereocenters. The molecule has 21 heavy (non-hydrogen) atoms. The number of fused-ring (bicyclic) bond motifs is 1. The van der Waals surface area contributed by atoms with Crippen LogP contribution in [0.2, 0.25) is 5.22 Å². The Bertz CT molecular complexity index is 704. The number of carbonyl (C=O) groups excluding carboxylic acids is 1. The van der Waals surface area contributed by atoms with Crippen molar-refractivity contribution < 1.29 is 9.21 Å². The minimum Gasteiger partial charge on any atom is -0.440 e. The van der Waals surface area contributed by atoms with Crippen LogP contribution in [-0.4, -0.2) is 32.1 Å². The van der Waals surface area contributed by atoms with Gasteiger partial charge in [0, 0.05) is 12.5 Å². The zero-order valence-electron chi connectivity index (χ0n) is 11.6. The number of rotatable bonds is 2. The Labute approximate surface area is 126 Å². The van der Waals surface area contributed by atoms with Gasteiger partial charge in [-0.15, -0.1) is 10.2 Å². The number of amides is 1. The van der Waals surface area contributed by atoms with Crippen LogP contribution in [0.25, 0.3) is 0 Å². The third-order valence-corrected chi connectivity index (χ3v) is 4.27. The van der Waals surface area contributed by atoms with Crippen molar-refractivity contribution in [2.24, 2.45) is 0 Å². The molecule has 3 heterocycles. The molecular weight excluding hydrogens is 292 g/mol. The predicted octanol–water partition coefficient (Wildman–Crippen LogP) is 2.62.